The lowest BCUT2D eigenvalue weighted by Gasteiger charge is -2.24. The summed E-state index contributed by atoms with van der Waals surface area (Å²) in [5.41, 5.74) is 10.3. The smallest absolute Gasteiger partial charge is 0.326 e. The Kier molecular flexibility index (Phi) is 9.09. The molecule has 0 aromatic heterocycles. The number of hydrogen-bond donors (Lipinski definition) is 7. The van der Waals surface area contributed by atoms with Crippen LogP contribution in [0.15, 0.2) is 0 Å². The number of nitrogens with one attached hydrogen (secondary N) is 2. The van der Waals surface area contributed by atoms with Crippen LogP contribution in [0.1, 0.15) is 26.2 Å². The lowest BCUT2D eigenvalue weighted by Crippen LogP contribution is -2.58. The lowest BCUT2D eigenvalue weighted by molar-refractivity contribution is -0.144. The number of amides is 3. The van der Waals surface area contributed by atoms with Gasteiger partial charge < -0.3 is 37.4 Å². The number of primary amides is 1. The normalized spacial score (nSPS) is 15.3. The molecule has 12 heteroatoms. The molecule has 12 nitrogen and oxygen atoms in total. The topological polar surface area (TPSA) is 222 Å². The van der Waals surface area contributed by atoms with Crippen LogP contribution in [0.3, 0.4) is 0 Å². The maximum Gasteiger partial charge on any atom is 0.326 e. The molecule has 0 saturated carbocycles. The molecule has 0 rings (SSSR count). The third-order valence-electron chi connectivity index (χ3n) is 3.08. The zero-order chi connectivity index (χ0) is 19.7. The SMILES string of the molecule is CC(O)C(NC(=O)C(N)CC(N)=O)C(=O)NC(CCC(=O)O)C(=O)O. The van der Waals surface area contributed by atoms with E-state index in [9.17, 15) is 29.1 Å². The average molecular weight is 362 g/mol. The van der Waals surface area contributed by atoms with E-state index in [1.807, 2.05) is 5.32 Å². The molecule has 0 saturated heterocycles. The Morgan fingerprint density at radius 3 is 2.00 bits per heavy atom. The highest BCUT2D eigenvalue weighted by atomic mass is 16.4. The van der Waals surface area contributed by atoms with Crippen molar-refractivity contribution < 1.29 is 39.3 Å². The maximum atomic E-state index is 12.1. The van der Waals surface area contributed by atoms with Crippen molar-refractivity contribution >= 4 is 29.7 Å². The Morgan fingerprint density at radius 1 is 1.04 bits per heavy atom. The Hall–Kier alpha value is -2.73. The summed E-state index contributed by atoms with van der Waals surface area (Å²) in [6, 6.07) is -4.44. The number of aliphatic hydroxyl groups excluding tert-OH is 1. The van der Waals surface area contributed by atoms with Crippen LogP contribution in [-0.2, 0) is 24.0 Å². The van der Waals surface area contributed by atoms with E-state index < -0.39 is 73.2 Å². The van der Waals surface area contributed by atoms with Gasteiger partial charge in [-0.2, -0.15) is 0 Å². The molecule has 4 unspecified atom stereocenters. The summed E-state index contributed by atoms with van der Waals surface area (Å²) >= 11 is 0. The van der Waals surface area contributed by atoms with Crippen molar-refractivity contribution in [1.29, 1.82) is 0 Å². The predicted octanol–water partition coefficient (Wildman–Crippen LogP) is -3.51. The number of carboxylic acids is 2. The Balaban J connectivity index is 4.97. The second-order valence-electron chi connectivity index (χ2n) is 5.34. The third-order valence-corrected chi connectivity index (χ3v) is 3.08. The number of carbonyl (C=O) groups excluding carboxylic acids is 3. The van der Waals surface area contributed by atoms with Crippen LogP contribution >= 0.6 is 0 Å². The summed E-state index contributed by atoms with van der Waals surface area (Å²) in [7, 11) is 0. The van der Waals surface area contributed by atoms with Crippen LogP contribution < -0.4 is 22.1 Å². The maximum absolute atomic E-state index is 12.1. The van der Waals surface area contributed by atoms with Crippen LogP contribution in [0.25, 0.3) is 0 Å². The van der Waals surface area contributed by atoms with E-state index >= 15 is 0 Å². The molecule has 0 bridgehead atoms. The van der Waals surface area contributed by atoms with Gasteiger partial charge in [-0.25, -0.2) is 4.79 Å². The van der Waals surface area contributed by atoms with Crippen molar-refractivity contribution in [2.24, 2.45) is 11.5 Å². The molecule has 4 atom stereocenters. The third kappa shape index (κ3) is 8.62. The van der Waals surface area contributed by atoms with Gasteiger partial charge in [-0.15, -0.1) is 0 Å². The van der Waals surface area contributed by atoms with E-state index in [2.05, 4.69) is 5.32 Å². The van der Waals surface area contributed by atoms with Crippen LogP contribution in [0.5, 0.6) is 0 Å². The number of rotatable bonds is 11. The molecule has 0 aliphatic rings. The van der Waals surface area contributed by atoms with Gasteiger partial charge in [0.25, 0.3) is 0 Å². The van der Waals surface area contributed by atoms with Crippen molar-refractivity contribution in [1.82, 2.24) is 10.6 Å². The van der Waals surface area contributed by atoms with Crippen LogP contribution in [-0.4, -0.2) is 69.2 Å². The molecule has 142 valence electrons. The minimum atomic E-state index is -1.56. The minimum absolute atomic E-state index is 0.391. The van der Waals surface area contributed by atoms with Crippen molar-refractivity contribution in [2.45, 2.75) is 50.4 Å². The van der Waals surface area contributed by atoms with Gasteiger partial charge in [0.1, 0.15) is 12.1 Å². The largest absolute Gasteiger partial charge is 0.481 e. The van der Waals surface area contributed by atoms with E-state index in [1.165, 1.54) is 0 Å². The molecule has 0 aliphatic heterocycles. The lowest BCUT2D eigenvalue weighted by atomic mass is 10.1. The summed E-state index contributed by atoms with van der Waals surface area (Å²) in [4.78, 5) is 56.2. The Labute approximate surface area is 142 Å². The molecular weight excluding hydrogens is 340 g/mol. The molecule has 0 aromatic carbocycles. The molecule has 0 aliphatic carbocycles. The molecule has 9 N–H and O–H groups in total. The predicted molar refractivity (Wildman–Crippen MR) is 81.8 cm³/mol. The number of carboxylic acid groups (broad SMARTS) is 2. The Morgan fingerprint density at radius 2 is 1.60 bits per heavy atom. The quantitative estimate of drug-likeness (QED) is 0.193. The molecule has 0 heterocycles. The summed E-state index contributed by atoms with van der Waals surface area (Å²) < 4.78 is 0. The van der Waals surface area contributed by atoms with E-state index in [4.69, 9.17) is 21.7 Å². The van der Waals surface area contributed by atoms with Gasteiger partial charge in [0.2, 0.25) is 17.7 Å². The number of aliphatic hydroxyl groups is 1. The van der Waals surface area contributed by atoms with Gasteiger partial charge in [0.15, 0.2) is 0 Å². The molecule has 0 aromatic rings. The van der Waals surface area contributed by atoms with Gasteiger partial charge in [-0.1, -0.05) is 0 Å². The monoisotopic (exact) mass is 362 g/mol. The first kappa shape index (κ1) is 22.3. The van der Waals surface area contributed by atoms with Gasteiger partial charge in [0.05, 0.1) is 18.6 Å². The molecule has 0 spiro atoms. The van der Waals surface area contributed by atoms with Crippen molar-refractivity contribution in [2.75, 3.05) is 0 Å². The summed E-state index contributed by atoms with van der Waals surface area (Å²) in [5.74, 6) is -5.57. The van der Waals surface area contributed by atoms with Crippen molar-refractivity contribution in [3.05, 3.63) is 0 Å². The highest BCUT2D eigenvalue weighted by molar-refractivity contribution is 5.93. The van der Waals surface area contributed by atoms with E-state index in [0.717, 1.165) is 6.92 Å². The van der Waals surface area contributed by atoms with Gasteiger partial charge in [-0.05, 0) is 13.3 Å². The van der Waals surface area contributed by atoms with Gasteiger partial charge >= 0.3 is 11.9 Å². The van der Waals surface area contributed by atoms with E-state index in [0.29, 0.717) is 0 Å². The van der Waals surface area contributed by atoms with E-state index in [1.54, 1.807) is 0 Å². The number of carbonyl (C=O) groups is 5. The molecule has 25 heavy (non-hydrogen) atoms. The van der Waals surface area contributed by atoms with Gasteiger partial charge in [0, 0.05) is 6.42 Å². The number of aliphatic carboxylic acids is 2. The highest BCUT2D eigenvalue weighted by Crippen LogP contribution is 2.02. The molecule has 0 fully saturated rings. The first-order chi connectivity index (χ1) is 11.5. The standard InChI is InChI=1S/C13H22N4O8/c1-5(18)10(17-11(22)6(14)4-8(15)19)12(23)16-7(13(24)25)2-3-9(20)21/h5-7,10,18H,2-4,14H2,1H3,(H2,15,19)(H,16,23)(H,17,22)(H,20,21)(H,24,25). The van der Waals surface area contributed by atoms with Crippen LogP contribution in [0, 0.1) is 0 Å². The molecular formula is C13H22N4O8. The van der Waals surface area contributed by atoms with Crippen LogP contribution in [0.4, 0.5) is 0 Å². The summed E-state index contributed by atoms with van der Waals surface area (Å²) in [6.45, 7) is 1.16. The molecule has 0 radical (unpaired) electrons. The first-order valence-electron chi connectivity index (χ1n) is 7.23. The average Bonchev–Trinajstić information content (AvgIpc) is 2.46. The fourth-order valence-electron chi connectivity index (χ4n) is 1.76. The first-order valence-corrected chi connectivity index (χ1v) is 7.23. The second-order valence-corrected chi connectivity index (χ2v) is 5.34. The van der Waals surface area contributed by atoms with E-state index in [-0.39, 0.29) is 0 Å². The van der Waals surface area contributed by atoms with Crippen molar-refractivity contribution in [3.8, 4) is 0 Å². The minimum Gasteiger partial charge on any atom is -0.481 e. The molecule has 3 amide bonds. The zero-order valence-electron chi connectivity index (χ0n) is 13.5. The van der Waals surface area contributed by atoms with Gasteiger partial charge in [-0.3, -0.25) is 19.2 Å². The summed E-state index contributed by atoms with van der Waals surface area (Å²) in [5, 5.41) is 31.3. The zero-order valence-corrected chi connectivity index (χ0v) is 13.5. The fourth-order valence-corrected chi connectivity index (χ4v) is 1.76. The highest BCUT2D eigenvalue weighted by Gasteiger charge is 2.31. The van der Waals surface area contributed by atoms with Crippen LogP contribution in [0.2, 0.25) is 0 Å². The fraction of sp³-hybridized carbons (Fsp3) is 0.615. The Bertz CT molecular complexity index is 536. The summed E-state index contributed by atoms with van der Waals surface area (Å²) in [6.07, 6.45) is -2.81. The number of hydrogen-bond acceptors (Lipinski definition) is 7. The van der Waals surface area contributed by atoms with Crippen molar-refractivity contribution in [3.63, 3.8) is 0 Å². The second kappa shape index (κ2) is 10.2. The number of nitrogens with two attached hydrogens (primary N) is 2.